The zero-order valence-corrected chi connectivity index (χ0v) is 23.3. The third kappa shape index (κ3) is 10.5. The van der Waals surface area contributed by atoms with Crippen molar-refractivity contribution in [1.29, 1.82) is 0 Å². The summed E-state index contributed by atoms with van der Waals surface area (Å²) in [7, 11) is 5.03. The molecule has 3 amide bonds. The number of nitrogens with zero attached hydrogens (tertiary/aromatic N) is 1. The van der Waals surface area contributed by atoms with Gasteiger partial charge in [0.15, 0.2) is 5.78 Å². The lowest BCUT2D eigenvalue weighted by Crippen LogP contribution is -2.57. The van der Waals surface area contributed by atoms with Crippen LogP contribution in [0.5, 0.6) is 5.75 Å². The van der Waals surface area contributed by atoms with E-state index in [0.29, 0.717) is 5.75 Å². The first-order chi connectivity index (χ1) is 18.5. The number of likely N-dealkylation sites (N-methyl/N-ethyl adjacent to an activating group) is 1. The molecule has 212 valence electrons. The smallest absolute Gasteiger partial charge is 0.243 e. The van der Waals surface area contributed by atoms with Gasteiger partial charge in [0.25, 0.3) is 0 Å². The zero-order valence-electron chi connectivity index (χ0n) is 23.3. The summed E-state index contributed by atoms with van der Waals surface area (Å²) in [4.78, 5) is 53.4. The van der Waals surface area contributed by atoms with Crippen LogP contribution in [0.25, 0.3) is 0 Å². The highest BCUT2D eigenvalue weighted by Gasteiger charge is 2.30. The van der Waals surface area contributed by atoms with Crippen LogP contribution >= 0.6 is 0 Å². The molecule has 0 radical (unpaired) electrons. The topological polar surface area (TPSA) is 137 Å². The van der Waals surface area contributed by atoms with Crippen LogP contribution in [0.15, 0.2) is 54.6 Å². The second kappa shape index (κ2) is 15.6. The maximum Gasteiger partial charge on any atom is 0.243 e. The normalized spacial score (nSPS) is 14.0. The summed E-state index contributed by atoms with van der Waals surface area (Å²) in [5, 5.41) is 17.7. The van der Waals surface area contributed by atoms with Gasteiger partial charge in [-0.3, -0.25) is 19.2 Å². The lowest BCUT2D eigenvalue weighted by Gasteiger charge is -2.26. The van der Waals surface area contributed by atoms with E-state index < -0.39 is 35.9 Å². The molecule has 0 aromatic heterocycles. The first-order valence-corrected chi connectivity index (χ1v) is 12.9. The van der Waals surface area contributed by atoms with Gasteiger partial charge in [-0.2, -0.15) is 0 Å². The highest BCUT2D eigenvalue weighted by Crippen LogP contribution is 2.14. The number of amides is 3. The van der Waals surface area contributed by atoms with Crippen molar-refractivity contribution in [2.45, 2.75) is 44.8 Å². The van der Waals surface area contributed by atoms with Crippen molar-refractivity contribution in [1.82, 2.24) is 20.9 Å². The summed E-state index contributed by atoms with van der Waals surface area (Å²) in [6.07, 6.45) is 0.373. The Morgan fingerprint density at radius 2 is 1.38 bits per heavy atom. The van der Waals surface area contributed by atoms with Crippen LogP contribution in [0, 0.1) is 5.92 Å². The Labute approximate surface area is 230 Å². The molecule has 4 unspecified atom stereocenters. The van der Waals surface area contributed by atoms with Crippen molar-refractivity contribution < 1.29 is 29.0 Å². The Balaban J connectivity index is 2.26. The Bertz CT molecular complexity index is 1090. The molecule has 10 heteroatoms. The molecule has 0 spiro atoms. The molecule has 0 bridgehead atoms. The number of Topliss-reactive ketones (excluding diaryl/α,β-unsaturated/α-hetero) is 1. The van der Waals surface area contributed by atoms with Crippen LogP contribution in [0.3, 0.4) is 0 Å². The molecular formula is C29H40N4O6. The summed E-state index contributed by atoms with van der Waals surface area (Å²) in [6, 6.07) is 13.5. The van der Waals surface area contributed by atoms with Crippen LogP contribution in [0.2, 0.25) is 0 Å². The Morgan fingerprint density at radius 3 is 1.95 bits per heavy atom. The lowest BCUT2D eigenvalue weighted by atomic mass is 9.94. The monoisotopic (exact) mass is 540 g/mol. The molecule has 0 aliphatic rings. The molecule has 0 aliphatic heterocycles. The second-order valence-corrected chi connectivity index (χ2v) is 9.88. The predicted octanol–water partition coefficient (Wildman–Crippen LogP) is 0.714. The highest BCUT2D eigenvalue weighted by atomic mass is 16.5. The third-order valence-electron chi connectivity index (χ3n) is 6.16. The van der Waals surface area contributed by atoms with Crippen molar-refractivity contribution in [2.24, 2.45) is 5.92 Å². The molecule has 4 N–H and O–H groups in total. The quantitative estimate of drug-likeness (QED) is 0.261. The number of carbonyl (C=O) groups excluding carboxylic acids is 4. The summed E-state index contributed by atoms with van der Waals surface area (Å²) < 4.78 is 5.20. The van der Waals surface area contributed by atoms with Crippen LogP contribution in [-0.2, 0) is 32.0 Å². The van der Waals surface area contributed by atoms with Gasteiger partial charge in [0.05, 0.1) is 26.3 Å². The number of aliphatic hydroxyl groups is 1. The minimum Gasteiger partial charge on any atom is -0.497 e. The molecular weight excluding hydrogens is 500 g/mol. The minimum absolute atomic E-state index is 0.111. The van der Waals surface area contributed by atoms with Crippen LogP contribution in [-0.4, -0.2) is 86.0 Å². The van der Waals surface area contributed by atoms with E-state index in [1.165, 1.54) is 6.92 Å². The number of ketones is 1. The maximum absolute atomic E-state index is 13.6. The van der Waals surface area contributed by atoms with Crippen LogP contribution in [0.4, 0.5) is 0 Å². The van der Waals surface area contributed by atoms with E-state index in [-0.39, 0.29) is 37.7 Å². The van der Waals surface area contributed by atoms with Gasteiger partial charge in [0.1, 0.15) is 17.8 Å². The number of hydrogen-bond donors (Lipinski definition) is 4. The van der Waals surface area contributed by atoms with E-state index in [2.05, 4.69) is 16.0 Å². The third-order valence-corrected chi connectivity index (χ3v) is 6.16. The average Bonchev–Trinajstić information content (AvgIpc) is 2.91. The van der Waals surface area contributed by atoms with Crippen LogP contribution < -0.4 is 20.7 Å². The van der Waals surface area contributed by atoms with Crippen molar-refractivity contribution in [2.75, 3.05) is 34.4 Å². The SMILES string of the molecule is COc1ccc(CC(NC(=O)C(C)NC(=O)CN(C)C)C(=O)NC(Cc2ccccc2)C(=O)C(C)CO)cc1. The number of rotatable bonds is 15. The first-order valence-electron chi connectivity index (χ1n) is 12.9. The summed E-state index contributed by atoms with van der Waals surface area (Å²) in [5.74, 6) is -1.76. The van der Waals surface area contributed by atoms with Gasteiger partial charge in [0.2, 0.25) is 17.7 Å². The number of benzene rings is 2. The number of aliphatic hydroxyl groups excluding tert-OH is 1. The van der Waals surface area contributed by atoms with E-state index in [1.807, 2.05) is 30.3 Å². The molecule has 2 rings (SSSR count). The van der Waals surface area contributed by atoms with E-state index in [4.69, 9.17) is 4.74 Å². The van der Waals surface area contributed by atoms with Crippen LogP contribution in [0.1, 0.15) is 25.0 Å². The fourth-order valence-electron chi connectivity index (χ4n) is 3.92. The zero-order chi connectivity index (χ0) is 28.9. The van der Waals surface area contributed by atoms with E-state index in [1.54, 1.807) is 57.3 Å². The van der Waals surface area contributed by atoms with Gasteiger partial charge in [0, 0.05) is 12.3 Å². The molecule has 0 saturated heterocycles. The lowest BCUT2D eigenvalue weighted by molar-refractivity contribution is -0.134. The number of methoxy groups -OCH3 is 1. The Kier molecular flexibility index (Phi) is 12.6. The molecule has 2 aromatic rings. The second-order valence-electron chi connectivity index (χ2n) is 9.88. The van der Waals surface area contributed by atoms with Crippen molar-refractivity contribution in [3.8, 4) is 5.75 Å². The van der Waals surface area contributed by atoms with E-state index in [0.717, 1.165) is 11.1 Å². The fraction of sp³-hybridized carbons (Fsp3) is 0.448. The summed E-state index contributed by atoms with van der Waals surface area (Å²) >= 11 is 0. The molecule has 10 nitrogen and oxygen atoms in total. The van der Waals surface area contributed by atoms with E-state index in [9.17, 15) is 24.3 Å². The summed E-state index contributed by atoms with van der Waals surface area (Å²) in [5.41, 5.74) is 1.60. The van der Waals surface area contributed by atoms with Gasteiger partial charge >= 0.3 is 0 Å². The van der Waals surface area contributed by atoms with Crippen molar-refractivity contribution >= 4 is 23.5 Å². The molecule has 0 saturated carbocycles. The standard InChI is InChI=1S/C29H40N4O6/c1-19(18-34)27(36)24(15-21-9-7-6-8-10-21)31-29(38)25(16-22-11-13-23(39-5)14-12-22)32-28(37)20(2)30-26(35)17-33(3)4/h6-14,19-20,24-25,34H,15-18H2,1-5H3,(H,30,35)(H,31,38)(H,32,37). The highest BCUT2D eigenvalue weighted by molar-refractivity contribution is 5.95. The number of carbonyl (C=O) groups is 4. The van der Waals surface area contributed by atoms with E-state index >= 15 is 0 Å². The molecule has 39 heavy (non-hydrogen) atoms. The summed E-state index contributed by atoms with van der Waals surface area (Å²) in [6.45, 7) is 2.90. The maximum atomic E-state index is 13.6. The average molecular weight is 541 g/mol. The van der Waals surface area contributed by atoms with Gasteiger partial charge in [-0.25, -0.2) is 0 Å². The van der Waals surface area contributed by atoms with Gasteiger partial charge < -0.3 is 30.7 Å². The van der Waals surface area contributed by atoms with Gasteiger partial charge in [-0.1, -0.05) is 49.4 Å². The number of ether oxygens (including phenoxy) is 1. The van der Waals surface area contributed by atoms with Gasteiger partial charge in [-0.15, -0.1) is 0 Å². The molecule has 0 fully saturated rings. The predicted molar refractivity (Wildman–Crippen MR) is 148 cm³/mol. The number of hydrogen-bond acceptors (Lipinski definition) is 7. The minimum atomic E-state index is -1.03. The van der Waals surface area contributed by atoms with Crippen molar-refractivity contribution in [3.05, 3.63) is 65.7 Å². The Morgan fingerprint density at radius 1 is 0.821 bits per heavy atom. The Hall–Kier alpha value is -3.76. The van der Waals surface area contributed by atoms with Crippen molar-refractivity contribution in [3.63, 3.8) is 0 Å². The molecule has 2 aromatic carbocycles. The van der Waals surface area contributed by atoms with Gasteiger partial charge in [-0.05, 0) is 50.7 Å². The molecule has 4 atom stereocenters. The largest absolute Gasteiger partial charge is 0.497 e. The molecule has 0 aliphatic carbocycles. The fourth-order valence-corrected chi connectivity index (χ4v) is 3.92. The first kappa shape index (κ1) is 31.5. The molecule has 0 heterocycles. The number of nitrogens with one attached hydrogen (secondary N) is 3.